The first kappa shape index (κ1) is 14.5. The highest BCUT2D eigenvalue weighted by Crippen LogP contribution is 2.20. The molecule has 3 heteroatoms. The van der Waals surface area contributed by atoms with E-state index in [0.717, 1.165) is 5.56 Å². The third-order valence-electron chi connectivity index (χ3n) is 3.22. The SMILES string of the molecule is CC(N[C@H](C)c1cccc(F)c1)c1ccc(I)cc1. The predicted octanol–water partition coefficient (Wildman–Crippen LogP) is 4.84. The molecule has 0 saturated carbocycles. The number of benzene rings is 2. The molecule has 0 bridgehead atoms. The quantitative estimate of drug-likeness (QED) is 0.761. The van der Waals surface area contributed by atoms with Crippen molar-refractivity contribution >= 4 is 22.6 Å². The predicted molar refractivity (Wildman–Crippen MR) is 85.5 cm³/mol. The molecular formula is C16H17FIN. The van der Waals surface area contributed by atoms with Crippen molar-refractivity contribution in [2.75, 3.05) is 0 Å². The van der Waals surface area contributed by atoms with Crippen LogP contribution in [0, 0.1) is 9.39 Å². The van der Waals surface area contributed by atoms with Crippen LogP contribution in [0.25, 0.3) is 0 Å². The van der Waals surface area contributed by atoms with Crippen molar-refractivity contribution < 1.29 is 4.39 Å². The van der Waals surface area contributed by atoms with Crippen LogP contribution >= 0.6 is 22.6 Å². The Morgan fingerprint density at radius 3 is 2.21 bits per heavy atom. The van der Waals surface area contributed by atoms with Crippen molar-refractivity contribution in [2.24, 2.45) is 0 Å². The van der Waals surface area contributed by atoms with Crippen LogP contribution in [0.4, 0.5) is 4.39 Å². The van der Waals surface area contributed by atoms with Crippen molar-refractivity contribution in [1.29, 1.82) is 0 Å². The van der Waals surface area contributed by atoms with Gasteiger partial charge in [0.15, 0.2) is 0 Å². The summed E-state index contributed by atoms with van der Waals surface area (Å²) in [7, 11) is 0. The summed E-state index contributed by atoms with van der Waals surface area (Å²) in [5.74, 6) is -0.187. The van der Waals surface area contributed by atoms with E-state index in [1.807, 2.05) is 6.07 Å². The molecule has 2 atom stereocenters. The van der Waals surface area contributed by atoms with E-state index in [0.29, 0.717) is 0 Å². The molecule has 0 saturated heterocycles. The lowest BCUT2D eigenvalue weighted by atomic mass is 10.0. The molecule has 0 aliphatic rings. The van der Waals surface area contributed by atoms with E-state index in [2.05, 4.69) is 66.0 Å². The summed E-state index contributed by atoms with van der Waals surface area (Å²) < 4.78 is 14.4. The normalized spacial score (nSPS) is 14.1. The van der Waals surface area contributed by atoms with Gasteiger partial charge < -0.3 is 5.32 Å². The van der Waals surface area contributed by atoms with Gasteiger partial charge in [0.25, 0.3) is 0 Å². The minimum Gasteiger partial charge on any atom is -0.304 e. The maximum absolute atomic E-state index is 13.2. The zero-order valence-electron chi connectivity index (χ0n) is 11.0. The standard InChI is InChI=1S/C16H17FIN/c1-11(13-6-8-16(18)9-7-13)19-12(2)14-4-3-5-15(17)10-14/h3-12,19H,1-2H3/t11?,12-/m1/s1. The van der Waals surface area contributed by atoms with Gasteiger partial charge in [0.1, 0.15) is 5.82 Å². The van der Waals surface area contributed by atoms with E-state index < -0.39 is 0 Å². The Morgan fingerprint density at radius 2 is 1.58 bits per heavy atom. The molecule has 0 amide bonds. The first-order valence-corrected chi connectivity index (χ1v) is 7.41. The number of halogens is 2. The molecule has 2 rings (SSSR count). The average molecular weight is 369 g/mol. The Bertz CT molecular complexity index is 539. The van der Waals surface area contributed by atoms with Crippen molar-refractivity contribution in [3.63, 3.8) is 0 Å². The van der Waals surface area contributed by atoms with Crippen LogP contribution in [0.15, 0.2) is 48.5 Å². The van der Waals surface area contributed by atoms with Crippen LogP contribution in [0.2, 0.25) is 0 Å². The Labute approximate surface area is 127 Å². The average Bonchev–Trinajstić information content (AvgIpc) is 2.39. The number of nitrogens with one attached hydrogen (secondary N) is 1. The minimum absolute atomic E-state index is 0.116. The molecule has 1 unspecified atom stereocenters. The zero-order valence-corrected chi connectivity index (χ0v) is 13.2. The molecule has 100 valence electrons. The third kappa shape index (κ3) is 4.01. The number of hydrogen-bond acceptors (Lipinski definition) is 1. The van der Waals surface area contributed by atoms with Gasteiger partial charge in [-0.3, -0.25) is 0 Å². The van der Waals surface area contributed by atoms with Crippen molar-refractivity contribution in [3.8, 4) is 0 Å². The van der Waals surface area contributed by atoms with Gasteiger partial charge in [-0.25, -0.2) is 4.39 Å². The Kier molecular flexibility index (Phi) is 4.93. The number of hydrogen-bond donors (Lipinski definition) is 1. The fourth-order valence-corrected chi connectivity index (χ4v) is 2.45. The molecule has 1 N–H and O–H groups in total. The highest BCUT2D eigenvalue weighted by atomic mass is 127. The van der Waals surface area contributed by atoms with Gasteiger partial charge in [0, 0.05) is 15.7 Å². The molecule has 0 aliphatic heterocycles. The molecule has 19 heavy (non-hydrogen) atoms. The Hall–Kier alpha value is -0.940. The zero-order chi connectivity index (χ0) is 13.8. The van der Waals surface area contributed by atoms with E-state index in [9.17, 15) is 4.39 Å². The first-order valence-electron chi connectivity index (χ1n) is 6.33. The fraction of sp³-hybridized carbons (Fsp3) is 0.250. The maximum atomic E-state index is 13.2. The summed E-state index contributed by atoms with van der Waals surface area (Å²) >= 11 is 2.30. The summed E-state index contributed by atoms with van der Waals surface area (Å²) in [6.07, 6.45) is 0. The first-order chi connectivity index (χ1) is 9.06. The lowest BCUT2D eigenvalue weighted by Crippen LogP contribution is -2.22. The molecule has 0 spiro atoms. The summed E-state index contributed by atoms with van der Waals surface area (Å²) in [6, 6.07) is 15.5. The lowest BCUT2D eigenvalue weighted by Gasteiger charge is -2.21. The van der Waals surface area contributed by atoms with Gasteiger partial charge >= 0.3 is 0 Å². The summed E-state index contributed by atoms with van der Waals surface area (Å²) in [6.45, 7) is 4.18. The maximum Gasteiger partial charge on any atom is 0.123 e. The summed E-state index contributed by atoms with van der Waals surface area (Å²) in [5, 5.41) is 3.49. The van der Waals surface area contributed by atoms with Crippen LogP contribution in [0.1, 0.15) is 37.1 Å². The summed E-state index contributed by atoms with van der Waals surface area (Å²) in [5.41, 5.74) is 2.21. The van der Waals surface area contributed by atoms with Crippen LogP contribution in [0.5, 0.6) is 0 Å². The molecule has 0 aromatic heterocycles. The summed E-state index contributed by atoms with van der Waals surface area (Å²) in [4.78, 5) is 0. The van der Waals surface area contributed by atoms with Crippen molar-refractivity contribution in [2.45, 2.75) is 25.9 Å². The third-order valence-corrected chi connectivity index (χ3v) is 3.94. The largest absolute Gasteiger partial charge is 0.304 e. The molecule has 0 aliphatic carbocycles. The van der Waals surface area contributed by atoms with Gasteiger partial charge in [-0.05, 0) is 71.8 Å². The molecular weight excluding hydrogens is 352 g/mol. The second-order valence-electron chi connectivity index (χ2n) is 4.72. The van der Waals surface area contributed by atoms with E-state index in [1.165, 1.54) is 15.2 Å². The van der Waals surface area contributed by atoms with Crippen molar-refractivity contribution in [3.05, 3.63) is 69.0 Å². The van der Waals surface area contributed by atoms with Crippen LogP contribution in [-0.4, -0.2) is 0 Å². The molecule has 0 radical (unpaired) electrons. The van der Waals surface area contributed by atoms with E-state index in [-0.39, 0.29) is 17.9 Å². The second-order valence-corrected chi connectivity index (χ2v) is 5.96. The van der Waals surface area contributed by atoms with E-state index >= 15 is 0 Å². The van der Waals surface area contributed by atoms with Crippen molar-refractivity contribution in [1.82, 2.24) is 5.32 Å². The van der Waals surface area contributed by atoms with Crippen LogP contribution < -0.4 is 5.32 Å². The smallest absolute Gasteiger partial charge is 0.123 e. The van der Waals surface area contributed by atoms with Gasteiger partial charge in [0.05, 0.1) is 0 Å². The van der Waals surface area contributed by atoms with E-state index in [1.54, 1.807) is 12.1 Å². The highest BCUT2D eigenvalue weighted by Gasteiger charge is 2.11. The van der Waals surface area contributed by atoms with Crippen LogP contribution in [0.3, 0.4) is 0 Å². The Balaban J connectivity index is 2.06. The van der Waals surface area contributed by atoms with Gasteiger partial charge in [-0.2, -0.15) is 0 Å². The minimum atomic E-state index is -0.187. The second kappa shape index (κ2) is 6.48. The van der Waals surface area contributed by atoms with Gasteiger partial charge in [-0.1, -0.05) is 24.3 Å². The topological polar surface area (TPSA) is 12.0 Å². The Morgan fingerprint density at radius 1 is 0.947 bits per heavy atom. The highest BCUT2D eigenvalue weighted by molar-refractivity contribution is 14.1. The molecule has 0 heterocycles. The van der Waals surface area contributed by atoms with E-state index in [4.69, 9.17) is 0 Å². The van der Waals surface area contributed by atoms with Gasteiger partial charge in [0.2, 0.25) is 0 Å². The monoisotopic (exact) mass is 369 g/mol. The lowest BCUT2D eigenvalue weighted by molar-refractivity contribution is 0.492. The molecule has 1 nitrogen and oxygen atoms in total. The molecule has 0 fully saturated rings. The van der Waals surface area contributed by atoms with Crippen LogP contribution in [-0.2, 0) is 0 Å². The fourth-order valence-electron chi connectivity index (χ4n) is 2.09. The molecule has 2 aromatic carbocycles. The number of rotatable bonds is 4. The van der Waals surface area contributed by atoms with Gasteiger partial charge in [-0.15, -0.1) is 0 Å². The molecule has 2 aromatic rings.